The zero-order chi connectivity index (χ0) is 10.5. The zero-order valence-corrected chi connectivity index (χ0v) is 8.32. The number of amidine groups is 1. The Bertz CT molecular complexity index is 216. The normalized spacial score (nSPS) is 14.9. The molecule has 1 atom stereocenters. The summed E-state index contributed by atoms with van der Waals surface area (Å²) in [6.45, 7) is 11.7. The second-order valence-corrected chi connectivity index (χ2v) is 3.17. The predicted octanol–water partition coefficient (Wildman–Crippen LogP) is 1.36. The molecule has 0 heterocycles. The molecule has 0 aromatic heterocycles. The van der Waals surface area contributed by atoms with Crippen molar-refractivity contribution in [3.05, 3.63) is 12.8 Å². The van der Waals surface area contributed by atoms with Crippen LogP contribution in [-0.4, -0.2) is 29.6 Å². The highest BCUT2D eigenvalue weighted by Gasteiger charge is 2.24. The molecular weight excluding hydrogens is 168 g/mol. The van der Waals surface area contributed by atoms with Crippen molar-refractivity contribution < 1.29 is 9.84 Å². The van der Waals surface area contributed by atoms with Gasteiger partial charge >= 0.3 is 6.02 Å². The lowest BCUT2D eigenvalue weighted by atomic mass is 10.0. The number of rotatable bonds is 3. The second-order valence-electron chi connectivity index (χ2n) is 3.17. The van der Waals surface area contributed by atoms with Crippen LogP contribution in [-0.2, 0) is 4.74 Å². The SMILES string of the molecule is C=CN=C(N=C)O[C@@H](C)C(C)(C)O. The third-order valence-corrected chi connectivity index (χ3v) is 1.61. The molecule has 0 saturated heterocycles. The van der Waals surface area contributed by atoms with E-state index >= 15 is 0 Å². The fourth-order valence-electron chi connectivity index (χ4n) is 0.489. The molecule has 74 valence electrons. The van der Waals surface area contributed by atoms with Crippen LogP contribution in [0.5, 0.6) is 0 Å². The summed E-state index contributed by atoms with van der Waals surface area (Å²) in [6.07, 6.45) is 0.901. The summed E-state index contributed by atoms with van der Waals surface area (Å²) in [7, 11) is 0. The van der Waals surface area contributed by atoms with Gasteiger partial charge in [-0.15, -0.1) is 0 Å². The average molecular weight is 184 g/mol. The number of aliphatic hydroxyl groups is 1. The molecule has 0 aromatic carbocycles. The Morgan fingerprint density at radius 2 is 2.15 bits per heavy atom. The van der Waals surface area contributed by atoms with Crippen LogP contribution in [0.25, 0.3) is 0 Å². The molecule has 0 unspecified atom stereocenters. The van der Waals surface area contributed by atoms with E-state index in [1.165, 1.54) is 6.20 Å². The molecule has 0 rings (SSSR count). The largest absolute Gasteiger partial charge is 0.457 e. The topological polar surface area (TPSA) is 54.2 Å². The summed E-state index contributed by atoms with van der Waals surface area (Å²) >= 11 is 0. The van der Waals surface area contributed by atoms with E-state index in [1.807, 2.05) is 0 Å². The van der Waals surface area contributed by atoms with Crippen molar-refractivity contribution >= 4 is 12.7 Å². The van der Waals surface area contributed by atoms with Gasteiger partial charge in [-0.05, 0) is 27.5 Å². The summed E-state index contributed by atoms with van der Waals surface area (Å²) < 4.78 is 5.20. The molecule has 4 heteroatoms. The summed E-state index contributed by atoms with van der Waals surface area (Å²) in [6, 6.07) is 0.115. The molecule has 0 amide bonds. The second kappa shape index (κ2) is 4.77. The Balaban J connectivity index is 4.33. The lowest BCUT2D eigenvalue weighted by molar-refractivity contribution is -0.0307. The molecule has 13 heavy (non-hydrogen) atoms. The molecular formula is C9H16N2O2. The average Bonchev–Trinajstić information content (AvgIpc) is 2.01. The molecule has 0 fully saturated rings. The molecule has 0 bridgehead atoms. The minimum absolute atomic E-state index is 0.115. The maximum atomic E-state index is 9.53. The highest BCUT2D eigenvalue weighted by molar-refractivity contribution is 5.79. The molecule has 0 saturated carbocycles. The Morgan fingerprint density at radius 1 is 1.62 bits per heavy atom. The molecule has 1 N–H and O–H groups in total. The highest BCUT2D eigenvalue weighted by atomic mass is 16.5. The van der Waals surface area contributed by atoms with Crippen LogP contribution >= 0.6 is 0 Å². The first-order chi connectivity index (χ1) is 5.91. The maximum Gasteiger partial charge on any atom is 0.316 e. The number of ether oxygens (including phenoxy) is 1. The van der Waals surface area contributed by atoms with Crippen LogP contribution in [0, 0.1) is 0 Å². The van der Waals surface area contributed by atoms with Crippen molar-refractivity contribution in [3.8, 4) is 0 Å². The van der Waals surface area contributed by atoms with E-state index in [1.54, 1.807) is 20.8 Å². The molecule has 0 aliphatic heterocycles. The number of hydrogen-bond acceptors (Lipinski definition) is 3. The standard InChI is InChI=1S/C9H16N2O2/c1-6-11-8(10-5)13-7(2)9(3,4)12/h6-7,12H,1,5H2,2-4H3/t7-/m0/s1. The van der Waals surface area contributed by atoms with Gasteiger partial charge in [0, 0.05) is 6.20 Å². The van der Waals surface area contributed by atoms with Gasteiger partial charge in [-0.25, -0.2) is 9.98 Å². The first-order valence-corrected chi connectivity index (χ1v) is 3.96. The Hall–Kier alpha value is -1.16. The number of hydrogen-bond donors (Lipinski definition) is 1. The molecule has 0 aliphatic carbocycles. The van der Waals surface area contributed by atoms with E-state index in [4.69, 9.17) is 4.74 Å². The van der Waals surface area contributed by atoms with Gasteiger partial charge < -0.3 is 9.84 Å². The molecule has 4 nitrogen and oxygen atoms in total. The van der Waals surface area contributed by atoms with Crippen LogP contribution < -0.4 is 0 Å². The molecule has 0 spiro atoms. The first-order valence-electron chi connectivity index (χ1n) is 3.96. The maximum absolute atomic E-state index is 9.53. The van der Waals surface area contributed by atoms with E-state index < -0.39 is 11.7 Å². The Kier molecular flexibility index (Phi) is 4.34. The van der Waals surface area contributed by atoms with Gasteiger partial charge in [-0.1, -0.05) is 6.58 Å². The summed E-state index contributed by atoms with van der Waals surface area (Å²) in [5.74, 6) is 0. The molecule has 0 aliphatic rings. The van der Waals surface area contributed by atoms with Gasteiger partial charge in [0.05, 0.1) is 5.60 Å². The molecule has 0 radical (unpaired) electrons. The quantitative estimate of drug-likeness (QED) is 0.532. The van der Waals surface area contributed by atoms with Gasteiger partial charge in [0.1, 0.15) is 6.10 Å². The van der Waals surface area contributed by atoms with E-state index in [-0.39, 0.29) is 6.02 Å². The number of nitrogens with zero attached hydrogens (tertiary/aromatic N) is 2. The van der Waals surface area contributed by atoms with Crippen LogP contribution in [0.3, 0.4) is 0 Å². The van der Waals surface area contributed by atoms with E-state index in [0.29, 0.717) is 0 Å². The third-order valence-electron chi connectivity index (χ3n) is 1.61. The van der Waals surface area contributed by atoms with Crippen LogP contribution in [0.2, 0.25) is 0 Å². The van der Waals surface area contributed by atoms with Crippen molar-refractivity contribution in [2.75, 3.05) is 0 Å². The minimum atomic E-state index is -0.938. The smallest absolute Gasteiger partial charge is 0.316 e. The Labute approximate surface area is 78.7 Å². The van der Waals surface area contributed by atoms with E-state index in [0.717, 1.165) is 0 Å². The van der Waals surface area contributed by atoms with Crippen molar-refractivity contribution in [1.82, 2.24) is 0 Å². The lowest BCUT2D eigenvalue weighted by Gasteiger charge is -2.25. The first kappa shape index (κ1) is 11.8. The third kappa shape index (κ3) is 4.42. The predicted molar refractivity (Wildman–Crippen MR) is 54.0 cm³/mol. The van der Waals surface area contributed by atoms with Crippen molar-refractivity contribution in [2.45, 2.75) is 32.5 Å². The van der Waals surface area contributed by atoms with Gasteiger partial charge in [0.25, 0.3) is 0 Å². The Morgan fingerprint density at radius 3 is 2.46 bits per heavy atom. The lowest BCUT2D eigenvalue weighted by Crippen LogP contribution is -2.36. The summed E-state index contributed by atoms with van der Waals surface area (Å²) in [5, 5.41) is 9.53. The highest BCUT2D eigenvalue weighted by Crippen LogP contribution is 2.12. The fraction of sp³-hybridized carbons (Fsp3) is 0.556. The van der Waals surface area contributed by atoms with Crippen LogP contribution in [0.15, 0.2) is 22.8 Å². The summed E-state index contributed by atoms with van der Waals surface area (Å²) in [5.41, 5.74) is -0.938. The van der Waals surface area contributed by atoms with Gasteiger partial charge in [-0.3, -0.25) is 0 Å². The zero-order valence-electron chi connectivity index (χ0n) is 8.32. The van der Waals surface area contributed by atoms with Gasteiger partial charge in [0.15, 0.2) is 0 Å². The number of aliphatic imine (C=N–C) groups is 2. The minimum Gasteiger partial charge on any atom is -0.457 e. The van der Waals surface area contributed by atoms with Gasteiger partial charge in [-0.2, -0.15) is 0 Å². The van der Waals surface area contributed by atoms with E-state index in [9.17, 15) is 5.11 Å². The van der Waals surface area contributed by atoms with E-state index in [2.05, 4.69) is 23.3 Å². The fourth-order valence-corrected chi connectivity index (χ4v) is 0.489. The molecule has 0 aromatic rings. The van der Waals surface area contributed by atoms with Crippen molar-refractivity contribution in [2.24, 2.45) is 9.98 Å². The van der Waals surface area contributed by atoms with Crippen molar-refractivity contribution in [3.63, 3.8) is 0 Å². The van der Waals surface area contributed by atoms with Gasteiger partial charge in [0.2, 0.25) is 0 Å². The van der Waals surface area contributed by atoms with Crippen LogP contribution in [0.1, 0.15) is 20.8 Å². The van der Waals surface area contributed by atoms with Crippen molar-refractivity contribution in [1.29, 1.82) is 0 Å². The van der Waals surface area contributed by atoms with Crippen LogP contribution in [0.4, 0.5) is 0 Å². The summed E-state index contributed by atoms with van der Waals surface area (Å²) in [4.78, 5) is 7.24. The monoisotopic (exact) mass is 184 g/mol.